The molecule has 1 heterocycles. The highest BCUT2D eigenvalue weighted by atomic mass is 35.5. The maximum Gasteiger partial charge on any atom is 0.414 e. The molecule has 3 rings (SSSR count). The van der Waals surface area contributed by atoms with Crippen molar-refractivity contribution in [2.75, 3.05) is 33.4 Å². The van der Waals surface area contributed by atoms with Crippen LogP contribution in [0.3, 0.4) is 0 Å². The average Bonchev–Trinajstić information content (AvgIpc) is 2.75. The number of morpholine rings is 1. The van der Waals surface area contributed by atoms with E-state index < -0.39 is 11.9 Å². The highest BCUT2D eigenvalue weighted by Gasteiger charge is 2.22. The number of benzene rings is 2. The topological polar surface area (TPSA) is 106 Å². The Morgan fingerprint density at radius 1 is 1.10 bits per heavy atom. The van der Waals surface area contributed by atoms with E-state index in [1.54, 1.807) is 7.11 Å². The van der Waals surface area contributed by atoms with E-state index in [9.17, 15) is 0 Å². The number of methoxy groups -OCH3 is 1. The van der Waals surface area contributed by atoms with E-state index in [0.717, 1.165) is 36.7 Å². The molecular weight excluding hydrogens is 449 g/mol. The number of rotatable bonds is 6. The highest BCUT2D eigenvalue weighted by molar-refractivity contribution is 6.42. The Morgan fingerprint density at radius 2 is 1.77 bits per heavy atom. The monoisotopic (exact) mass is 471 g/mol. The van der Waals surface area contributed by atoms with E-state index in [4.69, 9.17) is 57.2 Å². The van der Waals surface area contributed by atoms with Crippen LogP contribution in [0, 0.1) is 0 Å². The summed E-state index contributed by atoms with van der Waals surface area (Å²) in [6.45, 7) is 3.66. The fourth-order valence-electron chi connectivity index (χ4n) is 2.84. The lowest BCUT2D eigenvalue weighted by molar-refractivity contribution is -0.159. The number of hydrogen-bond acceptors (Lipinski definition) is 6. The molecule has 1 saturated heterocycles. The molecular formula is C21H23Cl2NO7. The van der Waals surface area contributed by atoms with Gasteiger partial charge in [0.2, 0.25) is 0 Å². The molecule has 0 saturated carbocycles. The van der Waals surface area contributed by atoms with Gasteiger partial charge in [0.15, 0.2) is 11.5 Å². The number of para-hydroxylation sites is 2. The fraction of sp³-hybridized carbons (Fsp3) is 0.333. The number of aliphatic carboxylic acids is 2. The molecule has 2 aromatic carbocycles. The van der Waals surface area contributed by atoms with E-state index in [-0.39, 0.29) is 6.10 Å². The van der Waals surface area contributed by atoms with E-state index >= 15 is 0 Å². The molecule has 1 aliphatic rings. The Balaban J connectivity index is 0.000000501. The number of halogens is 2. The maximum absolute atomic E-state index is 9.10. The largest absolute Gasteiger partial charge is 0.493 e. The second-order valence-corrected chi connectivity index (χ2v) is 7.36. The molecule has 0 aliphatic carbocycles. The van der Waals surface area contributed by atoms with Crippen molar-refractivity contribution in [1.29, 1.82) is 0 Å². The van der Waals surface area contributed by atoms with Gasteiger partial charge < -0.3 is 24.4 Å². The third-order valence-corrected chi connectivity index (χ3v) is 5.03. The minimum absolute atomic E-state index is 0.0152. The second kappa shape index (κ2) is 12.4. The molecule has 2 aromatic rings. The van der Waals surface area contributed by atoms with Crippen LogP contribution in [0.2, 0.25) is 10.0 Å². The number of carboxylic acids is 2. The molecule has 168 valence electrons. The van der Waals surface area contributed by atoms with Crippen molar-refractivity contribution in [3.8, 4) is 11.5 Å². The Kier molecular flexibility index (Phi) is 9.87. The van der Waals surface area contributed by atoms with Crippen LogP contribution in [0.15, 0.2) is 42.5 Å². The molecule has 0 spiro atoms. The first-order valence-corrected chi connectivity index (χ1v) is 10.1. The second-order valence-electron chi connectivity index (χ2n) is 6.55. The van der Waals surface area contributed by atoms with Crippen molar-refractivity contribution < 1.29 is 34.0 Å². The van der Waals surface area contributed by atoms with Crippen LogP contribution in [0.5, 0.6) is 11.5 Å². The van der Waals surface area contributed by atoms with Crippen LogP contribution in [0.25, 0.3) is 0 Å². The van der Waals surface area contributed by atoms with Crippen LogP contribution in [0.4, 0.5) is 0 Å². The average molecular weight is 472 g/mol. The molecule has 1 fully saturated rings. The minimum atomic E-state index is -1.82. The molecule has 1 atom stereocenters. The Hall–Kier alpha value is -2.52. The predicted octanol–water partition coefficient (Wildman–Crippen LogP) is 3.44. The van der Waals surface area contributed by atoms with Crippen LogP contribution < -0.4 is 9.47 Å². The zero-order valence-electron chi connectivity index (χ0n) is 16.8. The summed E-state index contributed by atoms with van der Waals surface area (Å²) in [6.07, 6.45) is 0.0152. The summed E-state index contributed by atoms with van der Waals surface area (Å²) in [6, 6.07) is 13.4. The SMILES string of the molecule is COc1ccccc1OCC1CN(Cc2ccc(Cl)c(Cl)c2)CCO1.O=C(O)C(=O)O. The molecule has 2 N–H and O–H groups in total. The summed E-state index contributed by atoms with van der Waals surface area (Å²) in [5, 5.41) is 15.9. The third-order valence-electron chi connectivity index (χ3n) is 4.29. The molecule has 0 aromatic heterocycles. The lowest BCUT2D eigenvalue weighted by atomic mass is 10.2. The zero-order chi connectivity index (χ0) is 22.8. The molecule has 8 nitrogen and oxygen atoms in total. The molecule has 1 unspecified atom stereocenters. The number of hydrogen-bond donors (Lipinski definition) is 2. The van der Waals surface area contributed by atoms with Crippen molar-refractivity contribution >= 4 is 35.1 Å². The smallest absolute Gasteiger partial charge is 0.414 e. The van der Waals surface area contributed by atoms with E-state index in [2.05, 4.69) is 4.90 Å². The van der Waals surface area contributed by atoms with Crippen molar-refractivity contribution in [3.63, 3.8) is 0 Å². The van der Waals surface area contributed by atoms with E-state index in [1.807, 2.05) is 42.5 Å². The first kappa shape index (κ1) is 24.7. The molecule has 1 aliphatic heterocycles. The van der Waals surface area contributed by atoms with Gasteiger partial charge in [-0.1, -0.05) is 41.4 Å². The van der Waals surface area contributed by atoms with Gasteiger partial charge >= 0.3 is 11.9 Å². The van der Waals surface area contributed by atoms with Gasteiger partial charge in [0.25, 0.3) is 0 Å². The first-order valence-electron chi connectivity index (χ1n) is 9.30. The fourth-order valence-corrected chi connectivity index (χ4v) is 3.16. The standard InChI is InChI=1S/C19H21Cl2NO3.C2H2O4/c1-23-18-4-2-3-5-19(18)25-13-15-12-22(8-9-24-15)11-14-6-7-16(20)17(21)10-14;3-1(4)2(5)6/h2-7,10,15H,8-9,11-13H2,1H3;(H,3,4)(H,5,6). The number of nitrogens with zero attached hydrogens (tertiary/aromatic N) is 1. The van der Waals surface area contributed by atoms with Gasteiger partial charge in [-0.05, 0) is 29.8 Å². The minimum Gasteiger partial charge on any atom is -0.493 e. The molecule has 31 heavy (non-hydrogen) atoms. The lowest BCUT2D eigenvalue weighted by Gasteiger charge is -2.33. The van der Waals surface area contributed by atoms with Crippen molar-refractivity contribution in [2.45, 2.75) is 12.6 Å². The van der Waals surface area contributed by atoms with Gasteiger partial charge in [-0.3, -0.25) is 4.90 Å². The normalized spacial score (nSPS) is 16.0. The molecule has 10 heteroatoms. The Bertz CT molecular complexity index is 882. The predicted molar refractivity (Wildman–Crippen MR) is 115 cm³/mol. The van der Waals surface area contributed by atoms with Crippen LogP contribution in [-0.4, -0.2) is 66.6 Å². The number of carbonyl (C=O) groups is 2. The summed E-state index contributed by atoms with van der Waals surface area (Å²) in [5.41, 5.74) is 1.14. The van der Waals surface area contributed by atoms with Gasteiger partial charge in [-0.25, -0.2) is 9.59 Å². The molecule has 0 bridgehead atoms. The summed E-state index contributed by atoms with van der Waals surface area (Å²) < 4.78 is 17.0. The van der Waals surface area contributed by atoms with Crippen LogP contribution in [0.1, 0.15) is 5.56 Å². The third kappa shape index (κ3) is 8.26. The van der Waals surface area contributed by atoms with Crippen LogP contribution in [-0.2, 0) is 20.9 Å². The molecule has 0 radical (unpaired) electrons. The summed E-state index contributed by atoms with van der Waals surface area (Å²) >= 11 is 12.1. The first-order chi connectivity index (χ1) is 14.8. The number of ether oxygens (including phenoxy) is 3. The quantitative estimate of drug-likeness (QED) is 0.617. The zero-order valence-corrected chi connectivity index (χ0v) is 18.3. The van der Waals surface area contributed by atoms with Crippen molar-refractivity contribution in [3.05, 3.63) is 58.1 Å². The van der Waals surface area contributed by atoms with Crippen LogP contribution >= 0.6 is 23.2 Å². The van der Waals surface area contributed by atoms with E-state index in [0.29, 0.717) is 23.3 Å². The molecule has 0 amide bonds. The van der Waals surface area contributed by atoms with Crippen molar-refractivity contribution in [1.82, 2.24) is 4.90 Å². The maximum atomic E-state index is 9.10. The van der Waals surface area contributed by atoms with Gasteiger partial charge in [-0.15, -0.1) is 0 Å². The van der Waals surface area contributed by atoms with E-state index in [1.165, 1.54) is 0 Å². The Labute approximate surface area is 189 Å². The van der Waals surface area contributed by atoms with Gasteiger partial charge in [0.1, 0.15) is 12.7 Å². The lowest BCUT2D eigenvalue weighted by Crippen LogP contribution is -2.44. The summed E-state index contributed by atoms with van der Waals surface area (Å²) in [4.78, 5) is 20.5. The number of carboxylic acid groups (broad SMARTS) is 2. The summed E-state index contributed by atoms with van der Waals surface area (Å²) in [7, 11) is 1.64. The van der Waals surface area contributed by atoms with Gasteiger partial charge in [0.05, 0.1) is 23.8 Å². The van der Waals surface area contributed by atoms with Gasteiger partial charge in [0, 0.05) is 19.6 Å². The van der Waals surface area contributed by atoms with Gasteiger partial charge in [-0.2, -0.15) is 0 Å². The Morgan fingerprint density at radius 3 is 2.39 bits per heavy atom. The highest BCUT2D eigenvalue weighted by Crippen LogP contribution is 2.26. The summed E-state index contributed by atoms with van der Waals surface area (Å²) in [5.74, 6) is -2.19. The van der Waals surface area contributed by atoms with Crippen molar-refractivity contribution in [2.24, 2.45) is 0 Å².